The molecule has 29 heavy (non-hydrogen) atoms. The molecular formula is C24H34N2O3. The fraction of sp³-hybridized carbons (Fsp3) is 0.708. The van der Waals surface area contributed by atoms with Gasteiger partial charge in [0.2, 0.25) is 5.91 Å². The predicted octanol–water partition coefficient (Wildman–Crippen LogP) is 3.06. The van der Waals surface area contributed by atoms with Crippen LogP contribution in [0.15, 0.2) is 24.3 Å². The third kappa shape index (κ3) is 3.91. The molecule has 5 fully saturated rings. The fourth-order valence-corrected chi connectivity index (χ4v) is 7.19. The Labute approximate surface area is 174 Å². The molecule has 4 saturated carbocycles. The number of carbonyl (C=O) groups excluding carboxylic acids is 1. The van der Waals surface area contributed by atoms with Crippen LogP contribution in [0, 0.1) is 17.3 Å². The maximum Gasteiger partial charge on any atom is 0.223 e. The smallest absolute Gasteiger partial charge is 0.223 e. The Hall–Kier alpha value is -1.59. The molecule has 5 aliphatic rings. The number of amides is 1. The van der Waals surface area contributed by atoms with Gasteiger partial charge in [-0.15, -0.1) is 0 Å². The van der Waals surface area contributed by atoms with E-state index in [-0.39, 0.29) is 5.41 Å². The van der Waals surface area contributed by atoms with Crippen molar-refractivity contribution in [2.75, 3.05) is 33.3 Å². The van der Waals surface area contributed by atoms with Crippen molar-refractivity contribution in [3.63, 3.8) is 0 Å². The number of nitrogens with zero attached hydrogens (tertiary/aromatic N) is 2. The fourth-order valence-electron chi connectivity index (χ4n) is 7.19. The van der Waals surface area contributed by atoms with Gasteiger partial charge in [0.05, 0.1) is 12.7 Å². The molecule has 0 spiro atoms. The molecule has 6 rings (SSSR count). The van der Waals surface area contributed by atoms with Crippen molar-refractivity contribution in [1.29, 1.82) is 0 Å². The molecule has 1 saturated heterocycles. The zero-order valence-corrected chi connectivity index (χ0v) is 17.6. The van der Waals surface area contributed by atoms with Crippen LogP contribution in [0.25, 0.3) is 0 Å². The monoisotopic (exact) mass is 398 g/mol. The SMILES string of the molecule is COc1ccc(CN2CCN(C(=O)CC34CC5CC(CC(O)(C5)C3)C4)CC2)cc1. The standard InChI is InChI=1S/C24H34N2O3/c1-29-21-4-2-18(3-5-21)16-25-6-8-26(9-7-25)22(27)15-23-11-19-10-20(12-23)14-24(28,13-19)17-23/h2-5,19-20,28H,6-17H2,1H3. The molecule has 158 valence electrons. The highest BCUT2D eigenvalue weighted by molar-refractivity contribution is 5.77. The number of methoxy groups -OCH3 is 1. The molecule has 1 aromatic rings. The number of aliphatic hydroxyl groups is 1. The molecule has 2 unspecified atom stereocenters. The summed E-state index contributed by atoms with van der Waals surface area (Å²) in [4.78, 5) is 17.6. The number of hydrogen-bond donors (Lipinski definition) is 1. The summed E-state index contributed by atoms with van der Waals surface area (Å²) in [5, 5.41) is 11.0. The van der Waals surface area contributed by atoms with Crippen LogP contribution in [0.3, 0.4) is 0 Å². The van der Waals surface area contributed by atoms with E-state index in [0.29, 0.717) is 24.2 Å². The minimum Gasteiger partial charge on any atom is -0.497 e. The highest BCUT2D eigenvalue weighted by Crippen LogP contribution is 2.62. The lowest BCUT2D eigenvalue weighted by atomic mass is 9.47. The Morgan fingerprint density at radius 1 is 1.07 bits per heavy atom. The van der Waals surface area contributed by atoms with Crippen molar-refractivity contribution < 1.29 is 14.6 Å². The van der Waals surface area contributed by atoms with Crippen LogP contribution in [0.1, 0.15) is 50.5 Å². The third-order valence-corrected chi connectivity index (χ3v) is 7.97. The van der Waals surface area contributed by atoms with Crippen LogP contribution >= 0.6 is 0 Å². The first kappa shape index (κ1) is 19.4. The number of rotatable bonds is 5. The summed E-state index contributed by atoms with van der Waals surface area (Å²) in [5.74, 6) is 2.50. The van der Waals surface area contributed by atoms with E-state index in [1.54, 1.807) is 7.11 Å². The van der Waals surface area contributed by atoms with Gasteiger partial charge in [-0.3, -0.25) is 9.69 Å². The van der Waals surface area contributed by atoms with E-state index in [9.17, 15) is 9.90 Å². The summed E-state index contributed by atoms with van der Waals surface area (Å²) < 4.78 is 5.23. The summed E-state index contributed by atoms with van der Waals surface area (Å²) in [5.41, 5.74) is 0.893. The highest BCUT2D eigenvalue weighted by atomic mass is 16.5. The van der Waals surface area contributed by atoms with Crippen molar-refractivity contribution in [3.8, 4) is 5.75 Å². The van der Waals surface area contributed by atoms with Gasteiger partial charge in [-0.1, -0.05) is 12.1 Å². The Morgan fingerprint density at radius 3 is 2.31 bits per heavy atom. The summed E-state index contributed by atoms with van der Waals surface area (Å²) >= 11 is 0. The summed E-state index contributed by atoms with van der Waals surface area (Å²) in [6.07, 6.45) is 7.07. The molecular weight excluding hydrogens is 364 g/mol. The Balaban J connectivity index is 1.15. The van der Waals surface area contributed by atoms with Gasteiger partial charge in [-0.05, 0) is 73.5 Å². The van der Waals surface area contributed by atoms with Crippen molar-refractivity contribution in [2.45, 2.75) is 57.1 Å². The number of benzene rings is 1. The lowest BCUT2D eigenvalue weighted by Gasteiger charge is -2.60. The number of piperazine rings is 1. The van der Waals surface area contributed by atoms with E-state index in [2.05, 4.69) is 21.9 Å². The largest absolute Gasteiger partial charge is 0.497 e. The van der Waals surface area contributed by atoms with E-state index in [1.807, 2.05) is 12.1 Å². The number of ether oxygens (including phenoxy) is 1. The van der Waals surface area contributed by atoms with E-state index in [0.717, 1.165) is 70.6 Å². The molecule has 0 aromatic heterocycles. The van der Waals surface area contributed by atoms with Gasteiger partial charge in [0, 0.05) is 39.1 Å². The first-order chi connectivity index (χ1) is 13.9. The minimum atomic E-state index is -0.471. The number of hydrogen-bond acceptors (Lipinski definition) is 4. The van der Waals surface area contributed by atoms with E-state index in [4.69, 9.17) is 4.74 Å². The first-order valence-electron chi connectivity index (χ1n) is 11.3. The lowest BCUT2D eigenvalue weighted by Crippen LogP contribution is -2.57. The summed E-state index contributed by atoms with van der Waals surface area (Å²) in [6.45, 7) is 4.43. The van der Waals surface area contributed by atoms with Gasteiger partial charge >= 0.3 is 0 Å². The van der Waals surface area contributed by atoms with Crippen LogP contribution in [0.2, 0.25) is 0 Å². The van der Waals surface area contributed by atoms with Crippen molar-refractivity contribution in [1.82, 2.24) is 9.80 Å². The van der Waals surface area contributed by atoms with Crippen LogP contribution in [0.4, 0.5) is 0 Å². The lowest BCUT2D eigenvalue weighted by molar-refractivity contribution is -0.172. The predicted molar refractivity (Wildman–Crippen MR) is 112 cm³/mol. The second-order valence-electron chi connectivity index (χ2n) is 10.4. The normalized spacial score (nSPS) is 36.4. The minimum absolute atomic E-state index is 0.0795. The van der Waals surface area contributed by atoms with Gasteiger partial charge in [0.1, 0.15) is 5.75 Å². The topological polar surface area (TPSA) is 53.0 Å². The molecule has 1 N–H and O–H groups in total. The van der Waals surface area contributed by atoms with Crippen LogP contribution in [-0.4, -0.2) is 59.7 Å². The maximum atomic E-state index is 13.1. The van der Waals surface area contributed by atoms with Crippen LogP contribution in [-0.2, 0) is 11.3 Å². The van der Waals surface area contributed by atoms with Gasteiger partial charge in [0.15, 0.2) is 0 Å². The zero-order chi connectivity index (χ0) is 20.1. The van der Waals surface area contributed by atoms with Crippen molar-refractivity contribution >= 4 is 5.91 Å². The molecule has 1 amide bonds. The first-order valence-corrected chi connectivity index (χ1v) is 11.3. The molecule has 1 heterocycles. The zero-order valence-electron chi connectivity index (χ0n) is 17.6. The van der Waals surface area contributed by atoms with Crippen molar-refractivity contribution in [3.05, 3.63) is 29.8 Å². The molecule has 4 aliphatic carbocycles. The quantitative estimate of drug-likeness (QED) is 0.828. The molecule has 2 atom stereocenters. The Kier molecular flexibility index (Phi) is 4.86. The molecule has 1 aromatic carbocycles. The molecule has 4 bridgehead atoms. The summed E-state index contributed by atoms with van der Waals surface area (Å²) in [7, 11) is 1.69. The van der Waals surface area contributed by atoms with E-state index < -0.39 is 5.60 Å². The van der Waals surface area contributed by atoms with E-state index in [1.165, 1.54) is 12.0 Å². The Morgan fingerprint density at radius 2 is 1.72 bits per heavy atom. The van der Waals surface area contributed by atoms with Gasteiger partial charge in [-0.2, -0.15) is 0 Å². The van der Waals surface area contributed by atoms with E-state index >= 15 is 0 Å². The Bertz CT molecular complexity index is 740. The second kappa shape index (κ2) is 7.28. The molecule has 5 nitrogen and oxygen atoms in total. The summed E-state index contributed by atoms with van der Waals surface area (Å²) in [6, 6.07) is 8.26. The average Bonchev–Trinajstić information content (AvgIpc) is 2.67. The maximum absolute atomic E-state index is 13.1. The molecule has 0 radical (unpaired) electrons. The van der Waals surface area contributed by atoms with Crippen LogP contribution < -0.4 is 4.74 Å². The highest BCUT2D eigenvalue weighted by Gasteiger charge is 2.57. The van der Waals surface area contributed by atoms with Gasteiger partial charge in [-0.25, -0.2) is 0 Å². The molecule has 5 heteroatoms. The van der Waals surface area contributed by atoms with Crippen LogP contribution in [0.5, 0.6) is 5.75 Å². The second-order valence-corrected chi connectivity index (χ2v) is 10.4. The molecule has 1 aliphatic heterocycles. The van der Waals surface area contributed by atoms with Crippen molar-refractivity contribution in [2.24, 2.45) is 17.3 Å². The van der Waals surface area contributed by atoms with Gasteiger partial charge in [0.25, 0.3) is 0 Å². The van der Waals surface area contributed by atoms with Gasteiger partial charge < -0.3 is 14.7 Å². The number of carbonyl (C=O) groups is 1. The third-order valence-electron chi connectivity index (χ3n) is 7.97. The average molecular weight is 399 g/mol.